The van der Waals surface area contributed by atoms with E-state index in [4.69, 9.17) is 0 Å². The lowest BCUT2D eigenvalue weighted by molar-refractivity contribution is -0.0612. The maximum absolute atomic E-state index is 2.41. The van der Waals surface area contributed by atoms with Crippen molar-refractivity contribution in [1.82, 2.24) is 0 Å². The second kappa shape index (κ2) is 4.14. The highest BCUT2D eigenvalue weighted by Gasteiger charge is 2.61. The molecule has 0 saturated carbocycles. The van der Waals surface area contributed by atoms with Crippen molar-refractivity contribution < 1.29 is 0 Å². The minimum atomic E-state index is 0.250. The fourth-order valence-electron chi connectivity index (χ4n) is 6.75. The Morgan fingerprint density at radius 3 is 0.647 bits per heavy atom. The molecule has 0 atom stereocenters. The van der Waals surface area contributed by atoms with E-state index in [1.165, 1.54) is 0 Å². The highest BCUT2D eigenvalue weighted by Crippen LogP contribution is 2.71. The van der Waals surface area contributed by atoms with Gasteiger partial charge >= 0.3 is 0 Å². The Morgan fingerprint density at radius 1 is 0.471 bits per heavy atom. The zero-order valence-electron chi connectivity index (χ0n) is 14.5. The van der Waals surface area contributed by atoms with Crippen LogP contribution in [0.25, 0.3) is 0 Å². The standard InChI is InChI=1S/C13H32B4/c1-9(2,3)13(10(4,5)6,11(7,14)15)12(8,16)17/h14-17H2,1-8H3. The zero-order chi connectivity index (χ0) is 14.5. The summed E-state index contributed by atoms with van der Waals surface area (Å²) in [5.74, 6) is 0. The van der Waals surface area contributed by atoms with Crippen LogP contribution in [0.3, 0.4) is 0 Å². The fourth-order valence-corrected chi connectivity index (χ4v) is 6.75. The second-order valence-electron chi connectivity index (χ2n) is 9.75. The van der Waals surface area contributed by atoms with Gasteiger partial charge in [-0.1, -0.05) is 65.8 Å². The molecule has 0 spiro atoms. The minimum Gasteiger partial charge on any atom is -0.0816 e. The molecule has 0 unspecified atom stereocenters. The summed E-state index contributed by atoms with van der Waals surface area (Å²) >= 11 is 0. The molecule has 0 nitrogen and oxygen atoms in total. The summed E-state index contributed by atoms with van der Waals surface area (Å²) in [5.41, 5.74) is 0.781. The molecule has 96 valence electrons. The summed E-state index contributed by atoms with van der Waals surface area (Å²) in [7, 11) is 9.65. The van der Waals surface area contributed by atoms with Crippen molar-refractivity contribution >= 4 is 31.4 Å². The molecule has 0 saturated heterocycles. The van der Waals surface area contributed by atoms with Crippen molar-refractivity contribution in [2.24, 2.45) is 16.2 Å². The smallest absolute Gasteiger partial charge is 0.0816 e. The maximum Gasteiger partial charge on any atom is 0.0995 e. The van der Waals surface area contributed by atoms with Crippen LogP contribution >= 0.6 is 0 Å². The molecule has 0 aliphatic rings. The normalized spacial score (nSPS) is 16.0. The largest absolute Gasteiger partial charge is 0.0995 e. The molecule has 0 aromatic heterocycles. The van der Waals surface area contributed by atoms with Crippen LogP contribution in [0.5, 0.6) is 0 Å². The van der Waals surface area contributed by atoms with Crippen LogP contribution < -0.4 is 0 Å². The van der Waals surface area contributed by atoms with Crippen LogP contribution in [-0.2, 0) is 0 Å². The third-order valence-electron chi connectivity index (χ3n) is 4.50. The molecule has 0 fully saturated rings. The number of hydrogen-bond acceptors (Lipinski definition) is 0. The van der Waals surface area contributed by atoms with Gasteiger partial charge in [0.1, 0.15) is 0 Å². The van der Waals surface area contributed by atoms with E-state index in [0.717, 1.165) is 0 Å². The molecule has 0 amide bonds. The van der Waals surface area contributed by atoms with Gasteiger partial charge in [-0.05, 0) is 16.2 Å². The van der Waals surface area contributed by atoms with E-state index in [1.54, 1.807) is 0 Å². The topological polar surface area (TPSA) is 0 Å². The molecule has 4 heteroatoms. The van der Waals surface area contributed by atoms with Gasteiger partial charge in [-0.2, -0.15) is 0 Å². The Hall–Kier alpha value is 0.260. The van der Waals surface area contributed by atoms with Crippen molar-refractivity contribution in [3.8, 4) is 0 Å². The van der Waals surface area contributed by atoms with Crippen LogP contribution in [0.1, 0.15) is 55.4 Å². The summed E-state index contributed by atoms with van der Waals surface area (Å²) in [6.07, 6.45) is 0. The lowest BCUT2D eigenvalue weighted by Crippen LogP contribution is -2.60. The highest BCUT2D eigenvalue weighted by atomic mass is 14.6. The first-order valence-electron chi connectivity index (χ1n) is 7.00. The monoisotopic (exact) mass is 232 g/mol. The zero-order valence-corrected chi connectivity index (χ0v) is 14.5. The Bertz CT molecular complexity index is 206. The van der Waals surface area contributed by atoms with Crippen LogP contribution in [-0.4, -0.2) is 31.4 Å². The van der Waals surface area contributed by atoms with Crippen LogP contribution in [0.15, 0.2) is 0 Å². The lowest BCUT2D eigenvalue weighted by Gasteiger charge is -2.69. The van der Waals surface area contributed by atoms with Crippen molar-refractivity contribution in [2.45, 2.75) is 65.8 Å². The maximum atomic E-state index is 2.41. The molecule has 0 aliphatic heterocycles. The van der Waals surface area contributed by atoms with Gasteiger partial charge < -0.3 is 0 Å². The molecule has 0 heterocycles. The van der Waals surface area contributed by atoms with Gasteiger partial charge in [0.25, 0.3) is 0 Å². The summed E-state index contributed by atoms with van der Waals surface area (Å²) in [6, 6.07) is 0. The Balaban J connectivity index is 6.37. The van der Waals surface area contributed by atoms with Gasteiger partial charge in [-0.3, -0.25) is 0 Å². The first-order valence-corrected chi connectivity index (χ1v) is 7.00. The summed E-state index contributed by atoms with van der Waals surface area (Å²) in [5, 5.41) is 0.531. The average molecular weight is 232 g/mol. The Labute approximate surface area is 114 Å². The SMILES string of the molecule is BC(B)(C)C(C(B)(B)C)(C(C)(C)C)C(C)(C)C. The van der Waals surface area contributed by atoms with Crippen molar-refractivity contribution in [3.05, 3.63) is 0 Å². The van der Waals surface area contributed by atoms with Gasteiger partial charge in [0.05, 0.1) is 31.4 Å². The molecule has 0 radical (unpaired) electrons. The highest BCUT2D eigenvalue weighted by molar-refractivity contribution is 6.45. The van der Waals surface area contributed by atoms with E-state index in [-0.39, 0.29) is 26.7 Å². The van der Waals surface area contributed by atoms with Gasteiger partial charge in [-0.25, -0.2) is 0 Å². The van der Waals surface area contributed by atoms with E-state index in [0.29, 0.717) is 0 Å². The predicted molar refractivity (Wildman–Crippen MR) is 92.3 cm³/mol. The second-order valence-corrected chi connectivity index (χ2v) is 9.75. The third kappa shape index (κ3) is 2.51. The summed E-state index contributed by atoms with van der Waals surface area (Å²) < 4.78 is 0. The first-order chi connectivity index (χ1) is 7.00. The van der Waals surface area contributed by atoms with Crippen molar-refractivity contribution in [1.29, 1.82) is 0 Å². The van der Waals surface area contributed by atoms with Gasteiger partial charge in [0.2, 0.25) is 0 Å². The number of hydrogen-bond donors (Lipinski definition) is 0. The number of rotatable bonds is 2. The fraction of sp³-hybridized carbons (Fsp3) is 1.00. The van der Waals surface area contributed by atoms with Gasteiger partial charge in [-0.15, -0.1) is 0 Å². The molecular formula is C13H32B4. The minimum absolute atomic E-state index is 0.250. The third-order valence-corrected chi connectivity index (χ3v) is 4.50. The van der Waals surface area contributed by atoms with E-state index in [1.807, 2.05) is 0 Å². The molecule has 0 aromatic rings. The summed E-state index contributed by atoms with van der Waals surface area (Å²) in [4.78, 5) is 0. The predicted octanol–water partition coefficient (Wildman–Crippen LogP) is 0.870. The molecule has 17 heavy (non-hydrogen) atoms. The summed E-state index contributed by atoms with van der Waals surface area (Å²) in [6.45, 7) is 19.3. The molecule has 0 bridgehead atoms. The average Bonchev–Trinajstić information content (AvgIpc) is 1.67. The Kier molecular flexibility index (Phi) is 4.20. The van der Waals surface area contributed by atoms with Gasteiger partial charge in [0.15, 0.2) is 0 Å². The van der Waals surface area contributed by atoms with Crippen molar-refractivity contribution in [2.75, 3.05) is 0 Å². The van der Waals surface area contributed by atoms with Crippen LogP contribution in [0, 0.1) is 16.2 Å². The molecular weight excluding hydrogens is 199 g/mol. The lowest BCUT2D eigenvalue weighted by atomic mass is 9.21. The van der Waals surface area contributed by atoms with E-state index in [9.17, 15) is 0 Å². The molecule has 0 aromatic carbocycles. The first kappa shape index (κ1) is 17.3. The molecule has 0 rings (SSSR count). The van der Waals surface area contributed by atoms with Crippen LogP contribution in [0.2, 0.25) is 10.4 Å². The van der Waals surface area contributed by atoms with Crippen molar-refractivity contribution in [3.63, 3.8) is 0 Å². The van der Waals surface area contributed by atoms with Gasteiger partial charge in [0, 0.05) is 0 Å². The van der Waals surface area contributed by atoms with E-state index in [2.05, 4.69) is 86.8 Å². The van der Waals surface area contributed by atoms with E-state index >= 15 is 0 Å². The van der Waals surface area contributed by atoms with Crippen LogP contribution in [0.4, 0.5) is 0 Å². The molecule has 0 N–H and O–H groups in total. The molecule has 0 aliphatic carbocycles. The Morgan fingerprint density at radius 2 is 0.647 bits per heavy atom. The van der Waals surface area contributed by atoms with E-state index < -0.39 is 0 Å². The quantitative estimate of drug-likeness (QED) is 0.619.